The highest BCUT2D eigenvalue weighted by Gasteiger charge is 2.34. The summed E-state index contributed by atoms with van der Waals surface area (Å²) in [5.74, 6) is 1.16. The maximum Gasteiger partial charge on any atom is 0.177 e. The highest BCUT2D eigenvalue weighted by molar-refractivity contribution is 5.88. The number of halogens is 1. The van der Waals surface area contributed by atoms with Crippen molar-refractivity contribution in [2.75, 3.05) is 25.0 Å². The molecule has 3 aliphatic heterocycles. The molecule has 4 nitrogen and oxygen atoms in total. The summed E-state index contributed by atoms with van der Waals surface area (Å²) in [6.07, 6.45) is 2.47. The maximum atomic E-state index is 13.7. The van der Waals surface area contributed by atoms with Crippen LogP contribution < -0.4 is 5.32 Å². The van der Waals surface area contributed by atoms with E-state index in [9.17, 15) is 4.39 Å². The van der Waals surface area contributed by atoms with Gasteiger partial charge in [0.05, 0.1) is 5.39 Å². The molecule has 5 heteroatoms. The lowest BCUT2D eigenvalue weighted by Crippen LogP contribution is -2.53. The van der Waals surface area contributed by atoms with Crippen molar-refractivity contribution in [2.45, 2.75) is 25.8 Å². The van der Waals surface area contributed by atoms with E-state index in [1.54, 1.807) is 13.0 Å². The molecule has 1 unspecified atom stereocenters. The smallest absolute Gasteiger partial charge is 0.177 e. The zero-order chi connectivity index (χ0) is 13.7. The van der Waals surface area contributed by atoms with Crippen molar-refractivity contribution < 1.29 is 8.91 Å². The van der Waals surface area contributed by atoms with E-state index in [1.807, 2.05) is 0 Å². The molecule has 0 spiro atoms. The monoisotopic (exact) mass is 275 g/mol. The van der Waals surface area contributed by atoms with Gasteiger partial charge in [0.25, 0.3) is 0 Å². The third-order valence-corrected chi connectivity index (χ3v) is 4.73. The summed E-state index contributed by atoms with van der Waals surface area (Å²) in [6.45, 7) is 5.19. The first-order valence-electron chi connectivity index (χ1n) is 7.25. The van der Waals surface area contributed by atoms with Gasteiger partial charge in [0.15, 0.2) is 11.4 Å². The Kier molecular flexibility index (Phi) is 2.70. The zero-order valence-corrected chi connectivity index (χ0v) is 11.5. The molecule has 5 rings (SSSR count). The van der Waals surface area contributed by atoms with Crippen molar-refractivity contribution in [2.24, 2.45) is 5.92 Å². The number of nitrogens with zero attached hydrogens (tertiary/aromatic N) is 2. The highest BCUT2D eigenvalue weighted by Crippen LogP contribution is 2.32. The van der Waals surface area contributed by atoms with Crippen LogP contribution in [0.1, 0.15) is 18.4 Å². The summed E-state index contributed by atoms with van der Waals surface area (Å²) in [6, 6.07) is 3.62. The van der Waals surface area contributed by atoms with E-state index < -0.39 is 0 Å². The minimum absolute atomic E-state index is 0.210. The maximum absolute atomic E-state index is 13.7. The van der Waals surface area contributed by atoms with E-state index in [2.05, 4.69) is 15.4 Å². The largest absolute Gasteiger partial charge is 0.362 e. The predicted molar refractivity (Wildman–Crippen MR) is 75.3 cm³/mol. The fraction of sp³-hybridized carbons (Fsp3) is 0.533. The van der Waals surface area contributed by atoms with Gasteiger partial charge in [-0.2, -0.15) is 0 Å². The lowest BCUT2D eigenvalue weighted by molar-refractivity contribution is 0.0973. The normalized spacial score (nSPS) is 29.0. The second-order valence-electron chi connectivity index (χ2n) is 6.02. The van der Waals surface area contributed by atoms with Gasteiger partial charge in [-0.25, -0.2) is 4.39 Å². The Morgan fingerprint density at radius 2 is 2.15 bits per heavy atom. The van der Waals surface area contributed by atoms with Crippen LogP contribution in [0, 0.1) is 18.7 Å². The molecule has 0 radical (unpaired) electrons. The Morgan fingerprint density at radius 1 is 1.35 bits per heavy atom. The van der Waals surface area contributed by atoms with Crippen LogP contribution in [0.4, 0.5) is 10.2 Å². The molecule has 3 saturated heterocycles. The van der Waals surface area contributed by atoms with Crippen LogP contribution in [-0.2, 0) is 0 Å². The van der Waals surface area contributed by atoms with Crippen molar-refractivity contribution >= 4 is 16.8 Å². The molecule has 0 amide bonds. The molecule has 3 aliphatic rings. The fourth-order valence-corrected chi connectivity index (χ4v) is 3.47. The third kappa shape index (κ3) is 1.88. The fourth-order valence-electron chi connectivity index (χ4n) is 3.47. The van der Waals surface area contributed by atoms with E-state index in [0.717, 1.165) is 11.9 Å². The molecule has 1 aromatic carbocycles. The molecular formula is C15H18FN3O. The first-order valence-corrected chi connectivity index (χ1v) is 7.25. The topological polar surface area (TPSA) is 41.3 Å². The second kappa shape index (κ2) is 4.45. The summed E-state index contributed by atoms with van der Waals surface area (Å²) in [5.41, 5.74) is 1.23. The van der Waals surface area contributed by atoms with Crippen LogP contribution in [0.5, 0.6) is 0 Å². The molecule has 3 fully saturated rings. The predicted octanol–water partition coefficient (Wildman–Crippen LogP) is 2.78. The zero-order valence-electron chi connectivity index (χ0n) is 11.5. The first-order chi connectivity index (χ1) is 9.70. The highest BCUT2D eigenvalue weighted by atomic mass is 19.1. The lowest BCUT2D eigenvalue weighted by Gasteiger charge is -2.44. The molecule has 0 saturated carbocycles. The van der Waals surface area contributed by atoms with E-state index in [0.29, 0.717) is 28.9 Å². The number of piperidine rings is 3. The van der Waals surface area contributed by atoms with Gasteiger partial charge in [0.2, 0.25) is 0 Å². The number of anilines is 1. The Bertz CT molecular complexity index is 646. The molecule has 4 heterocycles. The van der Waals surface area contributed by atoms with Gasteiger partial charge in [0, 0.05) is 12.6 Å². The van der Waals surface area contributed by atoms with E-state index in [4.69, 9.17) is 4.52 Å². The lowest BCUT2D eigenvalue weighted by atomic mass is 9.84. The van der Waals surface area contributed by atoms with E-state index in [-0.39, 0.29) is 5.82 Å². The van der Waals surface area contributed by atoms with Gasteiger partial charge >= 0.3 is 0 Å². The minimum atomic E-state index is -0.210. The molecule has 1 N–H and O–H groups in total. The molecule has 0 aliphatic carbocycles. The van der Waals surface area contributed by atoms with Crippen molar-refractivity contribution in [3.8, 4) is 0 Å². The number of aryl methyl sites for hydroxylation is 1. The Hall–Kier alpha value is -1.62. The van der Waals surface area contributed by atoms with Crippen molar-refractivity contribution in [1.82, 2.24) is 10.1 Å². The van der Waals surface area contributed by atoms with E-state index in [1.165, 1.54) is 32.0 Å². The number of benzene rings is 1. The van der Waals surface area contributed by atoms with Crippen molar-refractivity contribution in [3.63, 3.8) is 0 Å². The third-order valence-electron chi connectivity index (χ3n) is 4.73. The van der Waals surface area contributed by atoms with Gasteiger partial charge in [-0.15, -0.1) is 0 Å². The summed E-state index contributed by atoms with van der Waals surface area (Å²) < 4.78 is 19.0. The van der Waals surface area contributed by atoms with Crippen LogP contribution in [0.15, 0.2) is 16.7 Å². The molecule has 20 heavy (non-hydrogen) atoms. The second-order valence-corrected chi connectivity index (χ2v) is 6.02. The Balaban J connectivity index is 1.64. The van der Waals surface area contributed by atoms with Gasteiger partial charge in [-0.3, -0.25) is 0 Å². The van der Waals surface area contributed by atoms with Gasteiger partial charge in [-0.1, -0.05) is 5.16 Å². The Morgan fingerprint density at radius 3 is 2.85 bits per heavy atom. The number of nitrogens with one attached hydrogen (secondary N) is 1. The van der Waals surface area contributed by atoms with Gasteiger partial charge < -0.3 is 14.7 Å². The standard InChI is InChI=1S/C15H18FN3O/c1-9-6-14-11(7-12(9)16)15(18-20-14)17-13-8-19-4-2-10(13)3-5-19/h6-7,10,13H,2-5,8H2,1H3,(H,17,18). The molecule has 1 atom stereocenters. The van der Waals surface area contributed by atoms with Gasteiger partial charge in [-0.05, 0) is 56.5 Å². The minimum Gasteiger partial charge on any atom is -0.362 e. The number of aromatic nitrogens is 1. The SMILES string of the molecule is Cc1cc2onc(NC3CN4CCC3CC4)c2cc1F. The van der Waals surface area contributed by atoms with Crippen LogP contribution in [0.25, 0.3) is 11.0 Å². The molecule has 2 aromatic rings. The van der Waals surface area contributed by atoms with Crippen LogP contribution in [0.2, 0.25) is 0 Å². The average molecular weight is 275 g/mol. The van der Waals surface area contributed by atoms with E-state index >= 15 is 0 Å². The van der Waals surface area contributed by atoms with Crippen molar-refractivity contribution in [1.29, 1.82) is 0 Å². The van der Waals surface area contributed by atoms with Crippen LogP contribution in [-0.4, -0.2) is 35.7 Å². The van der Waals surface area contributed by atoms with Crippen LogP contribution in [0.3, 0.4) is 0 Å². The summed E-state index contributed by atoms with van der Waals surface area (Å²) in [5, 5.41) is 8.29. The van der Waals surface area contributed by atoms with Crippen LogP contribution >= 0.6 is 0 Å². The summed E-state index contributed by atoms with van der Waals surface area (Å²) in [4.78, 5) is 2.48. The summed E-state index contributed by atoms with van der Waals surface area (Å²) in [7, 11) is 0. The van der Waals surface area contributed by atoms with Crippen molar-refractivity contribution in [3.05, 3.63) is 23.5 Å². The number of rotatable bonds is 2. The number of hydrogen-bond acceptors (Lipinski definition) is 4. The molecule has 106 valence electrons. The summed E-state index contributed by atoms with van der Waals surface area (Å²) >= 11 is 0. The first kappa shape index (κ1) is 12.1. The average Bonchev–Trinajstić information content (AvgIpc) is 2.83. The molecule has 1 aromatic heterocycles. The molecular weight excluding hydrogens is 257 g/mol. The van der Waals surface area contributed by atoms with Gasteiger partial charge in [0.1, 0.15) is 5.82 Å². The number of fused-ring (bicyclic) bond motifs is 4. The molecule has 2 bridgehead atoms. The Labute approximate surface area is 116 Å². The number of hydrogen-bond donors (Lipinski definition) is 1. The quantitative estimate of drug-likeness (QED) is 0.915.